The SMILES string of the molecule is CCCCCCCCCCCCCCCCCCCCCCC(CCCCCCCCCCCCCCCCCCCC)CC(=O)O. The smallest absolute Gasteiger partial charge is 0.303 e. The molecule has 0 aromatic heterocycles. The number of rotatable bonds is 42. The van der Waals surface area contributed by atoms with E-state index in [-0.39, 0.29) is 0 Å². The summed E-state index contributed by atoms with van der Waals surface area (Å²) in [5, 5.41) is 9.40. The molecule has 0 radical (unpaired) electrons. The zero-order valence-corrected chi connectivity index (χ0v) is 32.9. The molecule has 0 saturated carbocycles. The molecule has 0 aromatic rings. The van der Waals surface area contributed by atoms with Crippen molar-refractivity contribution >= 4 is 5.97 Å². The van der Waals surface area contributed by atoms with E-state index in [1.165, 1.54) is 244 Å². The lowest BCUT2D eigenvalue weighted by Crippen LogP contribution is -2.08. The molecule has 1 N–H and O–H groups in total. The quantitative estimate of drug-likeness (QED) is 0.0660. The van der Waals surface area contributed by atoms with Crippen molar-refractivity contribution in [1.82, 2.24) is 0 Å². The van der Waals surface area contributed by atoms with Crippen LogP contribution in [-0.2, 0) is 4.79 Å². The van der Waals surface area contributed by atoms with Gasteiger partial charge in [-0.05, 0) is 18.8 Å². The molecule has 0 saturated heterocycles. The second-order valence-corrected chi connectivity index (χ2v) is 15.8. The summed E-state index contributed by atoms with van der Waals surface area (Å²) in [5.41, 5.74) is 0. The van der Waals surface area contributed by atoms with Crippen LogP contribution < -0.4 is 0 Å². The molecule has 0 bridgehead atoms. The Morgan fingerprint density at radius 1 is 0.319 bits per heavy atom. The van der Waals surface area contributed by atoms with Gasteiger partial charge in [-0.2, -0.15) is 0 Å². The third-order valence-corrected chi connectivity index (χ3v) is 10.9. The Labute approximate surface area is 298 Å². The number of carboxylic acids is 1. The second-order valence-electron chi connectivity index (χ2n) is 15.8. The second kappa shape index (κ2) is 41.6. The van der Waals surface area contributed by atoms with Crippen molar-refractivity contribution < 1.29 is 9.90 Å². The molecule has 1 atom stereocenters. The van der Waals surface area contributed by atoms with Crippen LogP contribution in [0.1, 0.15) is 277 Å². The van der Waals surface area contributed by atoms with Crippen molar-refractivity contribution in [3.8, 4) is 0 Å². The van der Waals surface area contributed by atoms with Gasteiger partial charge in [0.05, 0.1) is 0 Å². The molecule has 0 aliphatic carbocycles. The van der Waals surface area contributed by atoms with Gasteiger partial charge in [0.25, 0.3) is 0 Å². The van der Waals surface area contributed by atoms with Gasteiger partial charge < -0.3 is 5.11 Å². The highest BCUT2D eigenvalue weighted by molar-refractivity contribution is 5.66. The van der Waals surface area contributed by atoms with Crippen molar-refractivity contribution in [2.75, 3.05) is 0 Å². The molecule has 2 heteroatoms. The molecule has 1 unspecified atom stereocenters. The maximum absolute atomic E-state index is 11.4. The van der Waals surface area contributed by atoms with Gasteiger partial charge in [-0.25, -0.2) is 0 Å². The number of carbonyl (C=O) groups is 1. The van der Waals surface area contributed by atoms with Gasteiger partial charge in [-0.3, -0.25) is 4.79 Å². The van der Waals surface area contributed by atoms with E-state index >= 15 is 0 Å². The number of carboxylic acid groups (broad SMARTS) is 1. The van der Waals surface area contributed by atoms with Gasteiger partial charge in [0.2, 0.25) is 0 Å². The van der Waals surface area contributed by atoms with Gasteiger partial charge >= 0.3 is 5.97 Å². The first kappa shape index (κ1) is 46.5. The van der Waals surface area contributed by atoms with E-state index in [4.69, 9.17) is 0 Å². The van der Waals surface area contributed by atoms with Crippen LogP contribution in [0.4, 0.5) is 0 Å². The molecular weight excluding hydrogens is 572 g/mol. The Balaban J connectivity index is 3.43. The number of hydrogen-bond donors (Lipinski definition) is 1. The Hall–Kier alpha value is -0.530. The minimum absolute atomic E-state index is 0.387. The van der Waals surface area contributed by atoms with Gasteiger partial charge in [-0.1, -0.05) is 258 Å². The minimum atomic E-state index is -0.592. The summed E-state index contributed by atoms with van der Waals surface area (Å²) in [6, 6.07) is 0. The lowest BCUT2D eigenvalue weighted by molar-refractivity contribution is -0.138. The van der Waals surface area contributed by atoms with Crippen LogP contribution in [0.5, 0.6) is 0 Å². The summed E-state index contributed by atoms with van der Waals surface area (Å²) >= 11 is 0. The zero-order chi connectivity index (χ0) is 34.1. The molecule has 0 rings (SSSR count). The number of hydrogen-bond acceptors (Lipinski definition) is 1. The van der Waals surface area contributed by atoms with Crippen molar-refractivity contribution in [3.63, 3.8) is 0 Å². The zero-order valence-electron chi connectivity index (χ0n) is 32.9. The highest BCUT2D eigenvalue weighted by Crippen LogP contribution is 2.23. The Morgan fingerprint density at radius 2 is 0.489 bits per heavy atom. The van der Waals surface area contributed by atoms with Crippen LogP contribution >= 0.6 is 0 Å². The first-order valence-electron chi connectivity index (χ1n) is 22.4. The lowest BCUT2D eigenvalue weighted by Gasteiger charge is -2.14. The van der Waals surface area contributed by atoms with E-state index in [0.717, 1.165) is 12.8 Å². The fourth-order valence-corrected chi connectivity index (χ4v) is 7.62. The number of unbranched alkanes of at least 4 members (excludes halogenated alkanes) is 36. The maximum Gasteiger partial charge on any atom is 0.303 e. The third-order valence-electron chi connectivity index (χ3n) is 10.9. The van der Waals surface area contributed by atoms with Crippen LogP contribution in [0.25, 0.3) is 0 Å². The van der Waals surface area contributed by atoms with Crippen LogP contribution in [0.15, 0.2) is 0 Å². The fraction of sp³-hybridized carbons (Fsp3) is 0.978. The average molecular weight is 663 g/mol. The Morgan fingerprint density at radius 3 is 0.660 bits per heavy atom. The van der Waals surface area contributed by atoms with Crippen LogP contribution in [-0.4, -0.2) is 11.1 Å². The van der Waals surface area contributed by atoms with Crippen molar-refractivity contribution in [2.45, 2.75) is 277 Å². The molecule has 282 valence electrons. The average Bonchev–Trinajstić information content (AvgIpc) is 3.06. The predicted molar refractivity (Wildman–Crippen MR) is 212 cm³/mol. The van der Waals surface area contributed by atoms with Crippen molar-refractivity contribution in [2.24, 2.45) is 5.92 Å². The van der Waals surface area contributed by atoms with Crippen molar-refractivity contribution in [3.05, 3.63) is 0 Å². The molecule has 0 aliphatic rings. The fourth-order valence-electron chi connectivity index (χ4n) is 7.62. The normalized spacial score (nSPS) is 12.2. The minimum Gasteiger partial charge on any atom is -0.481 e. The van der Waals surface area contributed by atoms with Gasteiger partial charge in [0.1, 0.15) is 0 Å². The Kier molecular flexibility index (Phi) is 41.2. The molecule has 0 aliphatic heterocycles. The van der Waals surface area contributed by atoms with E-state index in [9.17, 15) is 9.90 Å². The third kappa shape index (κ3) is 41.6. The first-order valence-corrected chi connectivity index (χ1v) is 22.4. The molecule has 47 heavy (non-hydrogen) atoms. The van der Waals surface area contributed by atoms with Crippen LogP contribution in [0.2, 0.25) is 0 Å². The van der Waals surface area contributed by atoms with E-state index in [1.807, 2.05) is 0 Å². The summed E-state index contributed by atoms with van der Waals surface area (Å²) in [5.74, 6) is -0.185. The van der Waals surface area contributed by atoms with Gasteiger partial charge in [0, 0.05) is 6.42 Å². The summed E-state index contributed by atoms with van der Waals surface area (Å²) in [4.78, 5) is 11.4. The summed E-state index contributed by atoms with van der Waals surface area (Å²) < 4.78 is 0. The monoisotopic (exact) mass is 663 g/mol. The molecule has 0 amide bonds. The Bertz CT molecular complexity index is 572. The molecular formula is C45H90O2. The largest absolute Gasteiger partial charge is 0.481 e. The van der Waals surface area contributed by atoms with E-state index in [1.54, 1.807) is 0 Å². The van der Waals surface area contributed by atoms with Gasteiger partial charge in [0.15, 0.2) is 0 Å². The maximum atomic E-state index is 11.4. The first-order chi connectivity index (χ1) is 23.2. The van der Waals surface area contributed by atoms with E-state index < -0.39 is 5.97 Å². The standard InChI is InChI=1S/C45H90O2/c1-3-5-7-9-11-13-15-17-19-21-23-24-26-28-30-32-34-36-38-40-42-44(43-45(46)47)41-39-37-35-33-31-29-27-25-22-20-18-16-14-12-10-8-6-4-2/h44H,3-43H2,1-2H3,(H,46,47). The topological polar surface area (TPSA) is 37.3 Å². The molecule has 0 aromatic carbocycles. The van der Waals surface area contributed by atoms with Crippen LogP contribution in [0, 0.1) is 5.92 Å². The summed E-state index contributed by atoms with van der Waals surface area (Å²) in [6.45, 7) is 4.60. The molecule has 0 spiro atoms. The van der Waals surface area contributed by atoms with E-state index in [2.05, 4.69) is 13.8 Å². The summed E-state index contributed by atoms with van der Waals surface area (Å²) in [7, 11) is 0. The predicted octanol–water partition coefficient (Wildman–Crippen LogP) is 16.7. The van der Waals surface area contributed by atoms with Gasteiger partial charge in [-0.15, -0.1) is 0 Å². The van der Waals surface area contributed by atoms with Crippen molar-refractivity contribution in [1.29, 1.82) is 0 Å². The molecule has 2 nitrogen and oxygen atoms in total. The highest BCUT2D eigenvalue weighted by atomic mass is 16.4. The molecule has 0 heterocycles. The number of aliphatic carboxylic acids is 1. The summed E-state index contributed by atoms with van der Waals surface area (Å²) in [6.07, 6.45) is 56.3. The van der Waals surface area contributed by atoms with Crippen LogP contribution in [0.3, 0.4) is 0 Å². The lowest BCUT2D eigenvalue weighted by atomic mass is 9.91. The molecule has 0 fully saturated rings. The van der Waals surface area contributed by atoms with E-state index in [0.29, 0.717) is 12.3 Å². The highest BCUT2D eigenvalue weighted by Gasteiger charge is 2.12.